The largest absolute Gasteiger partial charge is 0.394 e. The van der Waals surface area contributed by atoms with Crippen molar-refractivity contribution in [1.82, 2.24) is 19.5 Å². The molecule has 3 aromatic rings. The van der Waals surface area contributed by atoms with Gasteiger partial charge in [0.1, 0.15) is 18.3 Å². The van der Waals surface area contributed by atoms with Gasteiger partial charge in [0.25, 0.3) is 11.5 Å². The van der Waals surface area contributed by atoms with E-state index in [1.165, 1.54) is 4.57 Å². The molecule has 6 N–H and O–H groups in total. The predicted molar refractivity (Wildman–Crippen MR) is 96.2 cm³/mol. The Balaban J connectivity index is 1.87. The van der Waals surface area contributed by atoms with Gasteiger partial charge in [0.15, 0.2) is 17.4 Å². The smallest absolute Gasteiger partial charge is 0.280 e. The monoisotopic (exact) mass is 387 g/mol. The number of ether oxygens (including phenoxy) is 1. The number of imidazole rings is 1. The Kier molecular flexibility index (Phi) is 4.60. The molecule has 1 saturated heterocycles. The number of rotatable bonds is 4. The number of nitrogens with zero attached hydrogens (tertiary/aromatic N) is 5. The molecule has 1 aliphatic rings. The van der Waals surface area contributed by atoms with Crippen molar-refractivity contribution >= 4 is 28.7 Å². The number of fused-ring (bicyclic) bond motifs is 1. The van der Waals surface area contributed by atoms with E-state index < -0.39 is 36.7 Å². The van der Waals surface area contributed by atoms with Crippen LogP contribution in [0.15, 0.2) is 45.4 Å². The molecule has 2 aromatic heterocycles. The molecule has 12 heteroatoms. The predicted octanol–water partition coefficient (Wildman–Crippen LogP) is -0.271. The number of H-pyrrole nitrogens is 1. The van der Waals surface area contributed by atoms with Crippen LogP contribution < -0.4 is 11.3 Å². The lowest BCUT2D eigenvalue weighted by molar-refractivity contribution is -0.0503. The Morgan fingerprint density at radius 3 is 2.61 bits per heavy atom. The van der Waals surface area contributed by atoms with E-state index in [1.807, 2.05) is 6.07 Å². The van der Waals surface area contributed by atoms with Crippen LogP contribution in [0.3, 0.4) is 0 Å². The number of nitrogen functional groups attached to an aromatic ring is 1. The number of hydrogen-bond donors (Lipinski definition) is 5. The number of aromatic nitrogens is 4. The summed E-state index contributed by atoms with van der Waals surface area (Å²) in [7, 11) is 0. The van der Waals surface area contributed by atoms with Crippen LogP contribution in [0.1, 0.15) is 6.23 Å². The van der Waals surface area contributed by atoms with Crippen molar-refractivity contribution in [2.24, 2.45) is 10.2 Å². The number of nitrogens with one attached hydrogen (secondary N) is 1. The highest BCUT2D eigenvalue weighted by Crippen LogP contribution is 2.35. The Hall–Kier alpha value is -3.19. The molecule has 2 unspecified atom stereocenters. The summed E-state index contributed by atoms with van der Waals surface area (Å²) in [5.74, 6) is -0.255. The Bertz CT molecular complexity index is 1080. The standard InChI is InChI=1S/C16H17N7O5/c17-15-19-12-9(13(27)20-15)18-16(22-21-7-4-2-1-3-5-7)23(12)14-11(26)10(25)8(6-24)28-14/h1-5,8,10-11,14,24-26H,6H2,(H3,17,19,20,27)/b22-21-/t8-,10?,11?,14-/m1/s1. The maximum Gasteiger partial charge on any atom is 0.280 e. The van der Waals surface area contributed by atoms with Crippen LogP contribution in [-0.2, 0) is 4.74 Å². The van der Waals surface area contributed by atoms with E-state index in [4.69, 9.17) is 10.5 Å². The highest BCUT2D eigenvalue weighted by Gasteiger charge is 2.45. The maximum absolute atomic E-state index is 12.2. The number of nitrogens with two attached hydrogens (primary N) is 1. The van der Waals surface area contributed by atoms with Crippen molar-refractivity contribution in [3.63, 3.8) is 0 Å². The lowest BCUT2D eigenvalue weighted by Crippen LogP contribution is -2.33. The van der Waals surface area contributed by atoms with E-state index in [0.29, 0.717) is 5.69 Å². The summed E-state index contributed by atoms with van der Waals surface area (Å²) >= 11 is 0. The lowest BCUT2D eigenvalue weighted by Gasteiger charge is -2.17. The van der Waals surface area contributed by atoms with Crippen LogP contribution in [0.25, 0.3) is 11.2 Å². The summed E-state index contributed by atoms with van der Waals surface area (Å²) < 4.78 is 6.76. The van der Waals surface area contributed by atoms with Crippen LogP contribution in [0.5, 0.6) is 0 Å². The molecule has 0 spiro atoms. The minimum absolute atomic E-state index is 0.00176. The van der Waals surface area contributed by atoms with Gasteiger partial charge in [0, 0.05) is 0 Å². The van der Waals surface area contributed by atoms with Crippen molar-refractivity contribution in [1.29, 1.82) is 0 Å². The first-order chi connectivity index (χ1) is 13.5. The number of aromatic amines is 1. The summed E-state index contributed by atoms with van der Waals surface area (Å²) in [4.78, 5) is 22.7. The van der Waals surface area contributed by atoms with Crippen LogP contribution in [-0.4, -0.2) is 59.8 Å². The van der Waals surface area contributed by atoms with Crippen molar-refractivity contribution < 1.29 is 20.1 Å². The molecular weight excluding hydrogens is 370 g/mol. The molecular formula is C16H17N7O5. The summed E-state index contributed by atoms with van der Waals surface area (Å²) in [6.45, 7) is -0.516. The van der Waals surface area contributed by atoms with E-state index in [9.17, 15) is 20.1 Å². The van der Waals surface area contributed by atoms with Crippen molar-refractivity contribution in [3.8, 4) is 0 Å². The van der Waals surface area contributed by atoms with Crippen molar-refractivity contribution in [2.45, 2.75) is 24.5 Å². The summed E-state index contributed by atoms with van der Waals surface area (Å²) in [6.07, 6.45) is -5.03. The molecule has 0 bridgehead atoms. The minimum atomic E-state index is -1.43. The van der Waals surface area contributed by atoms with E-state index >= 15 is 0 Å². The number of hydrogen-bond acceptors (Lipinski definition) is 10. The molecule has 3 heterocycles. The SMILES string of the molecule is Nc1nc2c(nc(/N=N\c3ccccc3)n2[C@@H]2O[C@H](CO)C(O)C2O)c(=O)[nH]1. The van der Waals surface area contributed by atoms with Gasteiger partial charge in [-0.25, -0.2) is 4.98 Å². The molecule has 1 aromatic carbocycles. The van der Waals surface area contributed by atoms with E-state index in [0.717, 1.165) is 0 Å². The molecule has 0 aliphatic carbocycles. The van der Waals surface area contributed by atoms with Crippen molar-refractivity contribution in [3.05, 3.63) is 40.7 Å². The Labute approximate surface area is 157 Å². The van der Waals surface area contributed by atoms with Gasteiger partial charge in [-0.05, 0) is 12.1 Å². The van der Waals surface area contributed by atoms with Crippen LogP contribution in [0.2, 0.25) is 0 Å². The van der Waals surface area contributed by atoms with Crippen LogP contribution in [0, 0.1) is 0 Å². The highest BCUT2D eigenvalue weighted by atomic mass is 16.6. The van der Waals surface area contributed by atoms with Crippen LogP contribution >= 0.6 is 0 Å². The Morgan fingerprint density at radius 2 is 1.93 bits per heavy atom. The fourth-order valence-corrected chi connectivity index (χ4v) is 2.98. The normalized spacial score (nSPS) is 25.1. The van der Waals surface area contributed by atoms with E-state index in [1.54, 1.807) is 24.3 Å². The topological polar surface area (TPSA) is 184 Å². The van der Waals surface area contributed by atoms with Gasteiger partial charge in [-0.15, -0.1) is 10.2 Å². The molecule has 4 rings (SSSR count). The maximum atomic E-state index is 12.2. The fourth-order valence-electron chi connectivity index (χ4n) is 2.98. The molecule has 1 aliphatic heterocycles. The molecule has 0 radical (unpaired) electrons. The van der Waals surface area contributed by atoms with E-state index in [2.05, 4.69) is 25.2 Å². The first-order valence-electron chi connectivity index (χ1n) is 8.36. The molecule has 28 heavy (non-hydrogen) atoms. The minimum Gasteiger partial charge on any atom is -0.394 e. The Morgan fingerprint density at radius 1 is 1.18 bits per heavy atom. The second kappa shape index (κ2) is 7.09. The zero-order valence-electron chi connectivity index (χ0n) is 14.4. The number of anilines is 1. The number of benzene rings is 1. The third-order valence-electron chi connectivity index (χ3n) is 4.33. The van der Waals surface area contributed by atoms with Gasteiger partial charge in [-0.3, -0.25) is 14.3 Å². The molecule has 12 nitrogen and oxygen atoms in total. The first-order valence-corrected chi connectivity index (χ1v) is 8.36. The zero-order valence-corrected chi connectivity index (χ0v) is 14.4. The highest BCUT2D eigenvalue weighted by molar-refractivity contribution is 5.74. The number of aliphatic hydroxyl groups excluding tert-OH is 3. The third-order valence-corrected chi connectivity index (χ3v) is 4.33. The summed E-state index contributed by atoms with van der Waals surface area (Å²) in [5.41, 5.74) is 5.46. The zero-order chi connectivity index (χ0) is 19.8. The van der Waals surface area contributed by atoms with Gasteiger partial charge >= 0.3 is 0 Å². The van der Waals surface area contributed by atoms with Gasteiger partial charge < -0.3 is 25.8 Å². The number of azo groups is 1. The average molecular weight is 387 g/mol. The molecule has 1 fully saturated rings. The van der Waals surface area contributed by atoms with Gasteiger partial charge in [0.05, 0.1) is 12.3 Å². The summed E-state index contributed by atoms with van der Waals surface area (Å²) in [6, 6.07) is 8.80. The molecule has 4 atom stereocenters. The average Bonchev–Trinajstić information content (AvgIpc) is 3.18. The first kappa shape index (κ1) is 18.2. The quantitative estimate of drug-likeness (QED) is 0.379. The fraction of sp³-hybridized carbons (Fsp3) is 0.312. The van der Waals surface area contributed by atoms with Gasteiger partial charge in [-0.2, -0.15) is 4.98 Å². The van der Waals surface area contributed by atoms with E-state index in [-0.39, 0.29) is 23.1 Å². The molecule has 146 valence electrons. The lowest BCUT2D eigenvalue weighted by atomic mass is 10.1. The van der Waals surface area contributed by atoms with Gasteiger partial charge in [-0.1, -0.05) is 18.2 Å². The van der Waals surface area contributed by atoms with Crippen molar-refractivity contribution in [2.75, 3.05) is 12.3 Å². The number of aliphatic hydroxyl groups is 3. The second-order valence-electron chi connectivity index (χ2n) is 6.17. The molecule has 0 saturated carbocycles. The summed E-state index contributed by atoms with van der Waals surface area (Å²) in [5, 5.41) is 37.9. The van der Waals surface area contributed by atoms with Crippen LogP contribution in [0.4, 0.5) is 17.6 Å². The third kappa shape index (κ3) is 3.03. The second-order valence-corrected chi connectivity index (χ2v) is 6.17. The van der Waals surface area contributed by atoms with Gasteiger partial charge in [0.2, 0.25) is 5.95 Å². The molecule has 0 amide bonds.